The first-order chi connectivity index (χ1) is 8.54. The second kappa shape index (κ2) is 7.65. The molecule has 2 nitrogen and oxygen atoms in total. The summed E-state index contributed by atoms with van der Waals surface area (Å²) in [6.07, 6.45) is 2.64. The number of hydrogen-bond acceptors (Lipinski definition) is 2. The lowest BCUT2D eigenvalue weighted by molar-refractivity contribution is -0.147. The van der Waals surface area contributed by atoms with Crippen LogP contribution in [0.1, 0.15) is 32.3 Å². The molecule has 0 aliphatic heterocycles. The molecule has 0 spiro atoms. The molecule has 4 heteroatoms. The smallest absolute Gasteiger partial charge is 0.308 e. The first-order valence-electron chi connectivity index (χ1n) is 6.15. The molecule has 0 aliphatic carbocycles. The van der Waals surface area contributed by atoms with Crippen molar-refractivity contribution in [2.75, 3.05) is 6.61 Å². The molecule has 1 atom stereocenters. The molecule has 0 bridgehead atoms. The van der Waals surface area contributed by atoms with Gasteiger partial charge in [-0.15, -0.1) is 0 Å². The first-order valence-corrected chi connectivity index (χ1v) is 6.90. The van der Waals surface area contributed by atoms with Gasteiger partial charge in [-0.2, -0.15) is 0 Å². The molecule has 0 saturated heterocycles. The lowest BCUT2D eigenvalue weighted by Gasteiger charge is -2.10. The molecular weight excluding hydrogens is 271 g/mol. The van der Waals surface area contributed by atoms with E-state index in [4.69, 9.17) is 27.9 Å². The quantitative estimate of drug-likeness (QED) is 0.720. The van der Waals surface area contributed by atoms with E-state index in [-0.39, 0.29) is 11.9 Å². The van der Waals surface area contributed by atoms with Crippen molar-refractivity contribution in [1.29, 1.82) is 0 Å². The molecule has 100 valence electrons. The Kier molecular flexibility index (Phi) is 6.51. The largest absolute Gasteiger partial charge is 0.466 e. The summed E-state index contributed by atoms with van der Waals surface area (Å²) < 4.78 is 4.96. The van der Waals surface area contributed by atoms with Crippen LogP contribution in [0.2, 0.25) is 10.0 Å². The normalized spacial score (nSPS) is 12.2. The van der Waals surface area contributed by atoms with Crippen LogP contribution in [-0.2, 0) is 16.0 Å². The molecule has 1 rings (SSSR count). The summed E-state index contributed by atoms with van der Waals surface area (Å²) in [5, 5.41) is 1.15. The highest BCUT2D eigenvalue weighted by molar-refractivity contribution is 6.42. The molecule has 0 fully saturated rings. The zero-order valence-electron chi connectivity index (χ0n) is 10.7. The van der Waals surface area contributed by atoms with Gasteiger partial charge in [0.15, 0.2) is 0 Å². The molecule has 0 aromatic heterocycles. The van der Waals surface area contributed by atoms with E-state index < -0.39 is 0 Å². The lowest BCUT2D eigenvalue weighted by atomic mass is 10.0. The van der Waals surface area contributed by atoms with Crippen LogP contribution >= 0.6 is 23.2 Å². The summed E-state index contributed by atoms with van der Waals surface area (Å²) in [6, 6.07) is 5.64. The monoisotopic (exact) mass is 288 g/mol. The zero-order valence-corrected chi connectivity index (χ0v) is 12.2. The third kappa shape index (κ3) is 4.87. The maximum Gasteiger partial charge on any atom is 0.308 e. The second-order valence-corrected chi connectivity index (χ2v) is 5.11. The summed E-state index contributed by atoms with van der Waals surface area (Å²) in [5.74, 6) is -0.167. The molecule has 1 aromatic rings. The fourth-order valence-corrected chi connectivity index (χ4v) is 2.03. The van der Waals surface area contributed by atoms with Crippen LogP contribution in [0, 0.1) is 5.92 Å². The SMILES string of the molecule is CCOC(=O)C(C)CCCc1ccc(Cl)c(Cl)c1. The fraction of sp³-hybridized carbons (Fsp3) is 0.500. The van der Waals surface area contributed by atoms with Crippen molar-refractivity contribution in [2.45, 2.75) is 33.1 Å². The van der Waals surface area contributed by atoms with Gasteiger partial charge in [-0.1, -0.05) is 36.2 Å². The highest BCUT2D eigenvalue weighted by Gasteiger charge is 2.13. The molecule has 0 aliphatic rings. The molecule has 18 heavy (non-hydrogen) atoms. The third-order valence-electron chi connectivity index (χ3n) is 2.78. The molecule has 0 amide bonds. The maximum absolute atomic E-state index is 11.4. The predicted octanol–water partition coefficient (Wildman–Crippen LogP) is 4.52. The van der Waals surface area contributed by atoms with Crippen LogP contribution in [0.15, 0.2) is 18.2 Å². The highest BCUT2D eigenvalue weighted by Crippen LogP contribution is 2.23. The van der Waals surface area contributed by atoms with Crippen molar-refractivity contribution in [1.82, 2.24) is 0 Å². The van der Waals surface area contributed by atoms with Crippen molar-refractivity contribution in [3.8, 4) is 0 Å². The Morgan fingerprint density at radius 3 is 2.67 bits per heavy atom. The predicted molar refractivity (Wildman–Crippen MR) is 75.2 cm³/mol. The van der Waals surface area contributed by atoms with Crippen molar-refractivity contribution in [3.63, 3.8) is 0 Å². The van der Waals surface area contributed by atoms with E-state index in [0.717, 1.165) is 24.8 Å². The van der Waals surface area contributed by atoms with E-state index >= 15 is 0 Å². The van der Waals surface area contributed by atoms with Crippen LogP contribution in [0.25, 0.3) is 0 Å². The van der Waals surface area contributed by atoms with E-state index in [1.165, 1.54) is 0 Å². The number of rotatable bonds is 6. The number of carbonyl (C=O) groups is 1. The maximum atomic E-state index is 11.4. The van der Waals surface area contributed by atoms with Crippen LogP contribution in [0.5, 0.6) is 0 Å². The summed E-state index contributed by atoms with van der Waals surface area (Å²) in [6.45, 7) is 4.16. The van der Waals surface area contributed by atoms with Gasteiger partial charge in [-0.3, -0.25) is 4.79 Å². The number of hydrogen-bond donors (Lipinski definition) is 0. The van der Waals surface area contributed by atoms with Gasteiger partial charge < -0.3 is 4.74 Å². The number of ether oxygens (including phenoxy) is 1. The number of benzene rings is 1. The minimum atomic E-state index is -0.119. The Morgan fingerprint density at radius 1 is 1.33 bits per heavy atom. The summed E-state index contributed by atoms with van der Waals surface area (Å²) in [5.41, 5.74) is 1.14. The average molecular weight is 289 g/mol. The molecule has 0 heterocycles. The van der Waals surface area contributed by atoms with E-state index in [0.29, 0.717) is 16.7 Å². The molecule has 1 aromatic carbocycles. The van der Waals surface area contributed by atoms with Gasteiger partial charge in [0, 0.05) is 0 Å². The van der Waals surface area contributed by atoms with Crippen molar-refractivity contribution in [2.24, 2.45) is 5.92 Å². The van der Waals surface area contributed by atoms with Crippen LogP contribution < -0.4 is 0 Å². The summed E-state index contributed by atoms with van der Waals surface area (Å²) >= 11 is 11.8. The Labute approximate surface area is 118 Å². The molecule has 0 saturated carbocycles. The topological polar surface area (TPSA) is 26.3 Å². The Morgan fingerprint density at radius 2 is 2.06 bits per heavy atom. The minimum absolute atomic E-state index is 0.0484. The summed E-state index contributed by atoms with van der Waals surface area (Å²) in [7, 11) is 0. The van der Waals surface area contributed by atoms with Crippen molar-refractivity contribution in [3.05, 3.63) is 33.8 Å². The standard InChI is InChI=1S/C14H18Cl2O2/c1-3-18-14(17)10(2)5-4-6-11-7-8-12(15)13(16)9-11/h7-10H,3-6H2,1-2H3. The van der Waals surface area contributed by atoms with Gasteiger partial charge in [0.1, 0.15) is 0 Å². The second-order valence-electron chi connectivity index (χ2n) is 4.29. The minimum Gasteiger partial charge on any atom is -0.466 e. The molecular formula is C14H18Cl2O2. The Bertz CT molecular complexity index is 405. The van der Waals surface area contributed by atoms with Gasteiger partial charge in [-0.05, 0) is 43.9 Å². The number of aryl methyl sites for hydroxylation is 1. The number of carbonyl (C=O) groups excluding carboxylic acids is 1. The van der Waals surface area contributed by atoms with E-state index in [1.807, 2.05) is 26.0 Å². The van der Waals surface area contributed by atoms with Gasteiger partial charge in [0.05, 0.1) is 22.6 Å². The van der Waals surface area contributed by atoms with Crippen LogP contribution in [0.4, 0.5) is 0 Å². The molecule has 0 N–H and O–H groups in total. The Hall–Kier alpha value is -0.730. The van der Waals surface area contributed by atoms with Crippen molar-refractivity contribution >= 4 is 29.2 Å². The highest BCUT2D eigenvalue weighted by atomic mass is 35.5. The van der Waals surface area contributed by atoms with Gasteiger partial charge in [-0.25, -0.2) is 0 Å². The van der Waals surface area contributed by atoms with E-state index in [1.54, 1.807) is 6.07 Å². The fourth-order valence-electron chi connectivity index (χ4n) is 1.71. The van der Waals surface area contributed by atoms with Crippen LogP contribution in [-0.4, -0.2) is 12.6 Å². The molecule has 1 unspecified atom stereocenters. The number of esters is 1. The summed E-state index contributed by atoms with van der Waals surface area (Å²) in [4.78, 5) is 11.4. The van der Waals surface area contributed by atoms with Gasteiger partial charge >= 0.3 is 5.97 Å². The van der Waals surface area contributed by atoms with E-state index in [9.17, 15) is 4.79 Å². The lowest BCUT2D eigenvalue weighted by Crippen LogP contribution is -2.14. The van der Waals surface area contributed by atoms with Gasteiger partial charge in [0.2, 0.25) is 0 Å². The van der Waals surface area contributed by atoms with Gasteiger partial charge in [0.25, 0.3) is 0 Å². The molecule has 0 radical (unpaired) electrons. The number of halogens is 2. The zero-order chi connectivity index (χ0) is 13.5. The average Bonchev–Trinajstić information content (AvgIpc) is 2.34. The third-order valence-corrected chi connectivity index (χ3v) is 3.51. The van der Waals surface area contributed by atoms with Crippen molar-refractivity contribution < 1.29 is 9.53 Å². The van der Waals surface area contributed by atoms with Crippen LogP contribution in [0.3, 0.4) is 0 Å². The van der Waals surface area contributed by atoms with E-state index in [2.05, 4.69) is 0 Å². The first kappa shape index (κ1) is 15.3. The Balaban J connectivity index is 2.37.